The van der Waals surface area contributed by atoms with Crippen LogP contribution < -0.4 is 5.32 Å². The maximum atomic E-state index is 12.9. The molecule has 0 aliphatic carbocycles. The molecule has 1 aromatic heterocycles. The molecule has 8 nitrogen and oxygen atoms in total. The van der Waals surface area contributed by atoms with Gasteiger partial charge in [-0.15, -0.1) is 0 Å². The summed E-state index contributed by atoms with van der Waals surface area (Å²) in [6.07, 6.45) is 3.54. The fraction of sp³-hybridized carbons (Fsp3) is 0.381. The van der Waals surface area contributed by atoms with Crippen molar-refractivity contribution in [2.24, 2.45) is 10.9 Å². The Hall–Kier alpha value is -2.81. The molecule has 1 N–H and O–H groups in total. The summed E-state index contributed by atoms with van der Waals surface area (Å²) in [4.78, 5) is 42.4. The minimum Gasteiger partial charge on any atom is -0.351 e. The highest BCUT2D eigenvalue weighted by Crippen LogP contribution is 2.30. The zero-order valence-electron chi connectivity index (χ0n) is 17.0. The van der Waals surface area contributed by atoms with E-state index in [1.54, 1.807) is 31.0 Å². The molecule has 1 aromatic carbocycles. The number of carbonyl (C=O) groups excluding carboxylic acids is 3. The van der Waals surface area contributed by atoms with Crippen molar-refractivity contribution in [1.29, 1.82) is 0 Å². The molecule has 156 valence electrons. The molecule has 0 bridgehead atoms. The lowest BCUT2D eigenvalue weighted by molar-refractivity contribution is -0.134. The van der Waals surface area contributed by atoms with Gasteiger partial charge in [0.05, 0.1) is 29.2 Å². The van der Waals surface area contributed by atoms with Crippen molar-refractivity contribution in [3.63, 3.8) is 0 Å². The Kier molecular flexibility index (Phi) is 5.31. The molecule has 3 amide bonds. The Morgan fingerprint density at radius 1 is 1.27 bits per heavy atom. The van der Waals surface area contributed by atoms with Crippen molar-refractivity contribution in [1.82, 2.24) is 20.0 Å². The number of dihydropyridines is 1. The third kappa shape index (κ3) is 3.69. The molecule has 0 radical (unpaired) electrons. The van der Waals surface area contributed by atoms with Crippen LogP contribution >= 0.6 is 15.9 Å². The van der Waals surface area contributed by atoms with Gasteiger partial charge in [-0.25, -0.2) is 4.99 Å². The molecular weight excluding hydrogens is 450 g/mol. The molecular formula is C21H22BrN5O3. The first-order valence-corrected chi connectivity index (χ1v) is 10.5. The molecule has 1 unspecified atom stereocenters. The predicted molar refractivity (Wildman–Crippen MR) is 116 cm³/mol. The second-order valence-corrected chi connectivity index (χ2v) is 8.71. The second-order valence-electron chi connectivity index (χ2n) is 7.80. The van der Waals surface area contributed by atoms with E-state index in [0.29, 0.717) is 24.4 Å². The van der Waals surface area contributed by atoms with E-state index in [1.165, 1.54) is 0 Å². The maximum Gasteiger partial charge on any atom is 0.254 e. The second kappa shape index (κ2) is 7.79. The number of halogens is 1. The average molecular weight is 472 g/mol. The van der Waals surface area contributed by atoms with Crippen LogP contribution in [-0.2, 0) is 9.59 Å². The molecule has 0 saturated carbocycles. The first-order valence-electron chi connectivity index (χ1n) is 9.72. The largest absolute Gasteiger partial charge is 0.351 e. The average Bonchev–Trinajstić information content (AvgIpc) is 3.01. The van der Waals surface area contributed by atoms with E-state index in [-0.39, 0.29) is 30.3 Å². The number of nitrogens with zero attached hydrogens (tertiary/aromatic N) is 4. The number of hydrogen-bond acceptors (Lipinski definition) is 4. The summed E-state index contributed by atoms with van der Waals surface area (Å²) in [5, 5.41) is 8.08. The molecule has 30 heavy (non-hydrogen) atoms. The van der Waals surface area contributed by atoms with Crippen LogP contribution in [0.3, 0.4) is 0 Å². The summed E-state index contributed by atoms with van der Waals surface area (Å²) in [5.74, 6) is -0.910. The topological polar surface area (TPSA) is 96.7 Å². The van der Waals surface area contributed by atoms with Crippen LogP contribution in [0, 0.1) is 5.92 Å². The van der Waals surface area contributed by atoms with Crippen molar-refractivity contribution in [3.05, 3.63) is 40.0 Å². The standard InChI is InChI=1S/C21H22BrN5O3/c1-11-4-12(2)25-21(30)17(11)7-23-20(29)16-5-14(22)6-19-18(16)8-24-27(19)15-9-26(10-15)13(3)28/h4-6,8,15,17H,7,9-10H2,1-3H3,(H,23,29). The van der Waals surface area contributed by atoms with Crippen molar-refractivity contribution in [2.75, 3.05) is 19.6 Å². The Morgan fingerprint density at radius 2 is 2.00 bits per heavy atom. The van der Waals surface area contributed by atoms with Crippen LogP contribution in [0.2, 0.25) is 0 Å². The Bertz CT molecular complexity index is 1130. The lowest BCUT2D eigenvalue weighted by Crippen LogP contribution is -2.50. The van der Waals surface area contributed by atoms with Gasteiger partial charge >= 0.3 is 0 Å². The number of amides is 3. The van der Waals surface area contributed by atoms with Crippen LogP contribution in [-0.4, -0.2) is 57.7 Å². The van der Waals surface area contributed by atoms with Crippen molar-refractivity contribution in [3.8, 4) is 0 Å². The van der Waals surface area contributed by atoms with Gasteiger partial charge < -0.3 is 10.2 Å². The van der Waals surface area contributed by atoms with Crippen molar-refractivity contribution in [2.45, 2.75) is 26.8 Å². The third-order valence-corrected chi connectivity index (χ3v) is 6.07. The van der Waals surface area contributed by atoms with Crippen LogP contribution in [0.5, 0.6) is 0 Å². The molecule has 2 aliphatic rings. The zero-order valence-corrected chi connectivity index (χ0v) is 18.6. The quantitative estimate of drug-likeness (QED) is 0.740. The Morgan fingerprint density at radius 3 is 2.67 bits per heavy atom. The first-order chi connectivity index (χ1) is 14.2. The number of benzene rings is 1. The molecule has 1 fully saturated rings. The van der Waals surface area contributed by atoms with E-state index in [2.05, 4.69) is 31.3 Å². The molecule has 1 atom stereocenters. The van der Waals surface area contributed by atoms with Crippen LogP contribution in [0.1, 0.15) is 37.2 Å². The molecule has 1 saturated heterocycles. The van der Waals surface area contributed by atoms with Gasteiger partial charge in [0.25, 0.3) is 11.8 Å². The van der Waals surface area contributed by atoms with Gasteiger partial charge in [0.15, 0.2) is 0 Å². The number of hydrogen-bond donors (Lipinski definition) is 1. The molecule has 4 rings (SSSR count). The van der Waals surface area contributed by atoms with Gasteiger partial charge in [-0.3, -0.25) is 19.1 Å². The first kappa shape index (κ1) is 20.5. The number of rotatable bonds is 4. The fourth-order valence-corrected chi connectivity index (χ4v) is 4.35. The molecule has 0 spiro atoms. The van der Waals surface area contributed by atoms with E-state index in [0.717, 1.165) is 20.9 Å². The Labute approximate surface area is 182 Å². The number of aliphatic imine (C=N–C) groups is 1. The number of nitrogens with one attached hydrogen (secondary N) is 1. The van der Waals surface area contributed by atoms with Crippen LogP contribution in [0.25, 0.3) is 10.9 Å². The van der Waals surface area contributed by atoms with Gasteiger partial charge in [-0.2, -0.15) is 5.10 Å². The minimum absolute atomic E-state index is 0.0464. The lowest BCUT2D eigenvalue weighted by Gasteiger charge is -2.38. The Balaban J connectivity index is 1.54. The fourth-order valence-electron chi connectivity index (χ4n) is 3.90. The summed E-state index contributed by atoms with van der Waals surface area (Å²) >= 11 is 3.48. The minimum atomic E-state index is -0.449. The highest BCUT2D eigenvalue weighted by molar-refractivity contribution is 9.10. The molecule has 3 heterocycles. The van der Waals surface area contributed by atoms with Crippen molar-refractivity contribution >= 4 is 50.3 Å². The highest BCUT2D eigenvalue weighted by atomic mass is 79.9. The van der Waals surface area contributed by atoms with Crippen LogP contribution in [0.4, 0.5) is 0 Å². The number of aromatic nitrogens is 2. The van der Waals surface area contributed by atoms with E-state index in [4.69, 9.17) is 0 Å². The number of carbonyl (C=O) groups is 3. The maximum absolute atomic E-state index is 12.9. The number of likely N-dealkylation sites (tertiary alicyclic amines) is 1. The number of fused-ring (bicyclic) bond motifs is 1. The van der Waals surface area contributed by atoms with Gasteiger partial charge in [-0.1, -0.05) is 21.5 Å². The molecule has 2 aromatic rings. The summed E-state index contributed by atoms with van der Waals surface area (Å²) in [6.45, 7) is 6.61. The molecule has 9 heteroatoms. The van der Waals surface area contributed by atoms with E-state index < -0.39 is 5.92 Å². The highest BCUT2D eigenvalue weighted by Gasteiger charge is 2.32. The molecule has 2 aliphatic heterocycles. The normalized spacial score (nSPS) is 19.4. The predicted octanol–water partition coefficient (Wildman–Crippen LogP) is 2.50. The van der Waals surface area contributed by atoms with Gasteiger partial charge in [0, 0.05) is 42.1 Å². The summed E-state index contributed by atoms with van der Waals surface area (Å²) in [6, 6.07) is 3.76. The zero-order chi connectivity index (χ0) is 21.6. The third-order valence-electron chi connectivity index (χ3n) is 5.62. The lowest BCUT2D eigenvalue weighted by atomic mass is 9.95. The smallest absolute Gasteiger partial charge is 0.254 e. The number of allylic oxidation sites excluding steroid dienone is 1. The van der Waals surface area contributed by atoms with Gasteiger partial charge in [0.1, 0.15) is 0 Å². The van der Waals surface area contributed by atoms with Crippen LogP contribution in [0.15, 0.2) is 39.4 Å². The van der Waals surface area contributed by atoms with E-state index >= 15 is 0 Å². The van der Waals surface area contributed by atoms with Crippen molar-refractivity contribution < 1.29 is 14.4 Å². The van der Waals surface area contributed by atoms with E-state index in [9.17, 15) is 14.4 Å². The van der Waals surface area contributed by atoms with Gasteiger partial charge in [-0.05, 0) is 32.1 Å². The monoisotopic (exact) mass is 471 g/mol. The summed E-state index contributed by atoms with van der Waals surface area (Å²) in [5.41, 5.74) is 2.88. The SMILES string of the molecule is CC(=O)N1CC(n2ncc3c(C(=O)NCC4C(=O)N=C(C)C=C4C)cc(Br)cc32)C1. The summed E-state index contributed by atoms with van der Waals surface area (Å²) in [7, 11) is 0. The summed E-state index contributed by atoms with van der Waals surface area (Å²) < 4.78 is 2.63. The van der Waals surface area contributed by atoms with E-state index in [1.807, 2.05) is 23.7 Å². The van der Waals surface area contributed by atoms with Gasteiger partial charge in [0.2, 0.25) is 5.91 Å².